The fourth-order valence-electron chi connectivity index (χ4n) is 12.3. The van der Waals surface area contributed by atoms with Gasteiger partial charge in [-0.2, -0.15) is 0 Å². The second-order valence-electron chi connectivity index (χ2n) is 20.5. The van der Waals surface area contributed by atoms with Crippen LogP contribution in [0.5, 0.6) is 0 Å². The minimum Gasteiger partial charge on any atom is -0.207 e. The van der Waals surface area contributed by atoms with Crippen LogP contribution in [0.15, 0.2) is 121 Å². The van der Waals surface area contributed by atoms with Crippen LogP contribution in [0.2, 0.25) is 0 Å². The second-order valence-corrected chi connectivity index (χ2v) is 20.5. The van der Waals surface area contributed by atoms with E-state index >= 15 is 105 Å². The van der Waals surface area contributed by atoms with Crippen LogP contribution in [-0.2, 0) is 5.41 Å². The highest BCUT2D eigenvalue weighted by atomic mass is 19.2. The largest absolute Gasteiger partial charge is 0.207 e. The standard InChI is InChI=1S/C40BF28.C25H20/c42-13-1-5(21(50)37(66)33(13)62)17(46)29(58)25(54)9(1)41(10-2-6(18(47)30(59)26(10)55)22(51)38(67)34(63)14(2)43,11-3-7(19(48)31(60)27(11)56)23(52)39(68)35(64)15(3)44)12-4-8(20(49)32(61)28(12)57)24(53)40(69)36(65)16(4)45;1-5-13-21(14-6-1)25(22-15-7-2-8-16-22,23-17-9-3-10-18-23)24-19-11-4-12-20-24/h;1-20H/q-1;. The van der Waals surface area contributed by atoms with Gasteiger partial charge in [0, 0.05) is 0 Å². The lowest BCUT2D eigenvalue weighted by atomic mass is 9.11. The zero-order chi connectivity index (χ0) is 68.5. The van der Waals surface area contributed by atoms with Gasteiger partial charge in [-0.05, 0) is 43.8 Å². The number of rotatable bonds is 8. The van der Waals surface area contributed by atoms with E-state index in [1.54, 1.807) is 0 Å². The fraction of sp³-hybridized carbons (Fsp3) is 0.0154. The Morgan fingerprint density at radius 2 is 0.277 bits per heavy atom. The lowest BCUT2D eigenvalue weighted by Gasteiger charge is -2.47. The first-order chi connectivity index (χ1) is 44.4. The molecule has 0 aliphatic heterocycles. The van der Waals surface area contributed by atoms with Gasteiger partial charge in [0.25, 0.3) is 0 Å². The van der Waals surface area contributed by atoms with Crippen LogP contribution in [0, 0.1) is 163 Å². The first kappa shape index (κ1) is 65.3. The van der Waals surface area contributed by atoms with Gasteiger partial charge < -0.3 is 0 Å². The van der Waals surface area contributed by atoms with Crippen LogP contribution >= 0.6 is 0 Å². The van der Waals surface area contributed by atoms with Gasteiger partial charge in [-0.25, -0.2) is 123 Å². The summed E-state index contributed by atoms with van der Waals surface area (Å²) in [7, 11) is 0. The Kier molecular flexibility index (Phi) is 16.3. The van der Waals surface area contributed by atoms with E-state index in [2.05, 4.69) is 121 Å². The molecule has 0 aliphatic carbocycles. The van der Waals surface area contributed by atoms with Gasteiger partial charge in [0.15, 0.2) is 140 Å². The van der Waals surface area contributed by atoms with Crippen LogP contribution in [0.4, 0.5) is 123 Å². The highest BCUT2D eigenvalue weighted by Gasteiger charge is 2.52. The van der Waals surface area contributed by atoms with Crippen molar-refractivity contribution in [2.75, 3.05) is 0 Å². The summed E-state index contributed by atoms with van der Waals surface area (Å²) >= 11 is 0. The molecule has 0 unspecified atom stereocenters. The van der Waals surface area contributed by atoms with Crippen molar-refractivity contribution >= 4 is 71.1 Å². The smallest absolute Gasteiger partial charge is 0.198 e. The average molecular weight is 1340 g/mol. The lowest BCUT2D eigenvalue weighted by Crippen LogP contribution is -2.79. The summed E-state index contributed by atoms with van der Waals surface area (Å²) < 4.78 is 446. The maximum absolute atomic E-state index is 17.3. The van der Waals surface area contributed by atoms with Gasteiger partial charge in [0.05, 0.1) is 27.0 Å². The Morgan fingerprint density at radius 1 is 0.149 bits per heavy atom. The van der Waals surface area contributed by atoms with Crippen molar-refractivity contribution in [3.05, 3.63) is 306 Å². The number of fused-ring (bicyclic) bond motifs is 4. The first-order valence-corrected chi connectivity index (χ1v) is 26.1. The monoisotopic (exact) mass is 1340 g/mol. The normalized spacial score (nSPS) is 12.0. The predicted molar refractivity (Wildman–Crippen MR) is 284 cm³/mol. The minimum absolute atomic E-state index is 0.328. The van der Waals surface area contributed by atoms with E-state index in [9.17, 15) is 17.6 Å². The van der Waals surface area contributed by atoms with Gasteiger partial charge in [0.2, 0.25) is 0 Å². The topological polar surface area (TPSA) is 0 Å². The molecule has 0 heterocycles. The molecule has 0 saturated heterocycles. The van der Waals surface area contributed by atoms with E-state index in [-0.39, 0.29) is 5.41 Å². The van der Waals surface area contributed by atoms with Crippen LogP contribution in [0.25, 0.3) is 43.1 Å². The predicted octanol–water partition coefficient (Wildman–Crippen LogP) is 17.6. The molecular formula is C65H20BF28-. The van der Waals surface area contributed by atoms with Crippen molar-refractivity contribution in [2.45, 2.75) is 5.41 Å². The highest BCUT2D eigenvalue weighted by molar-refractivity contribution is 7.23. The molecule has 12 aromatic rings. The Balaban J connectivity index is 0.000000299. The molecule has 0 aromatic heterocycles. The fourth-order valence-corrected chi connectivity index (χ4v) is 12.3. The SMILES string of the molecule is Fc1c(F)c(F)c2c([B-](c3c(F)c(F)c(F)c4c(F)c(F)c(F)c(F)c34)(c3c(F)c(F)c(F)c4c(F)c(F)c(F)c(F)c34)c3c(F)c(F)c(F)c4c(F)c(F)c(F)c(F)c34)c(F)c(F)c(F)c2c1F.c1ccc(C(c2ccccc2)(c2ccccc2)c2ccccc2)cc1. The van der Waals surface area contributed by atoms with Crippen LogP contribution in [-0.4, -0.2) is 6.15 Å². The van der Waals surface area contributed by atoms with E-state index in [4.69, 9.17) is 0 Å². The maximum Gasteiger partial charge on any atom is 0.198 e. The molecule has 12 rings (SSSR count). The third-order valence-electron chi connectivity index (χ3n) is 16.1. The summed E-state index contributed by atoms with van der Waals surface area (Å²) in [6, 6.07) is 43.1. The summed E-state index contributed by atoms with van der Waals surface area (Å²) in [6.45, 7) is 0. The molecule has 29 heteroatoms. The number of benzene rings is 12. The molecule has 0 N–H and O–H groups in total. The summed E-state index contributed by atoms with van der Waals surface area (Å²) in [4.78, 5) is 0. The third kappa shape index (κ3) is 8.84. The van der Waals surface area contributed by atoms with Crippen LogP contribution < -0.4 is 21.9 Å². The first-order valence-electron chi connectivity index (χ1n) is 26.1. The average Bonchev–Trinajstić information content (AvgIpc) is 0.662. The molecule has 0 nitrogen and oxygen atoms in total. The molecule has 12 aromatic carbocycles. The summed E-state index contributed by atoms with van der Waals surface area (Å²) in [5, 5.41) is -27.0. The second kappa shape index (κ2) is 23.4. The van der Waals surface area contributed by atoms with Crippen molar-refractivity contribution < 1.29 is 123 Å². The van der Waals surface area contributed by atoms with E-state index in [1.165, 1.54) is 22.3 Å². The molecule has 0 bridgehead atoms. The lowest BCUT2D eigenvalue weighted by molar-refractivity contribution is 0.410. The molecule has 0 saturated carbocycles. The molecule has 0 spiro atoms. The number of halogens is 28. The zero-order valence-corrected chi connectivity index (χ0v) is 45.2. The summed E-state index contributed by atoms with van der Waals surface area (Å²) in [6.07, 6.45) is -8.05. The summed E-state index contributed by atoms with van der Waals surface area (Å²) in [5.41, 5.74) is -10.7. The van der Waals surface area contributed by atoms with E-state index < -0.39 is 234 Å². The number of hydrogen-bond acceptors (Lipinski definition) is 0. The Labute approximate surface area is 504 Å². The van der Waals surface area contributed by atoms with Gasteiger partial charge in [-0.15, -0.1) is 21.9 Å². The molecule has 94 heavy (non-hydrogen) atoms. The molecule has 0 amide bonds. The molecule has 0 fully saturated rings. The summed E-state index contributed by atoms with van der Waals surface area (Å²) in [5.74, 6) is -104. The van der Waals surface area contributed by atoms with E-state index in [1.807, 2.05) is 0 Å². The maximum atomic E-state index is 17.3. The zero-order valence-electron chi connectivity index (χ0n) is 45.2. The highest BCUT2D eigenvalue weighted by Crippen LogP contribution is 2.46. The third-order valence-corrected chi connectivity index (χ3v) is 16.1. The van der Waals surface area contributed by atoms with Crippen molar-refractivity contribution in [3.63, 3.8) is 0 Å². The molecular weight excluding hydrogens is 1320 g/mol. The van der Waals surface area contributed by atoms with Gasteiger partial charge in [-0.3, -0.25) is 0 Å². The Bertz CT molecular complexity index is 4540. The number of hydrogen-bond donors (Lipinski definition) is 0. The molecule has 0 aliphatic rings. The van der Waals surface area contributed by atoms with Gasteiger partial charge in [0.1, 0.15) is 29.4 Å². The Hall–Kier alpha value is -10.2. The van der Waals surface area contributed by atoms with Crippen molar-refractivity contribution in [1.82, 2.24) is 0 Å². The minimum atomic E-state index is -8.05. The Morgan fingerprint density at radius 3 is 0.426 bits per heavy atom. The van der Waals surface area contributed by atoms with Gasteiger partial charge in [-0.1, -0.05) is 121 Å². The molecule has 0 radical (unpaired) electrons. The van der Waals surface area contributed by atoms with E-state index in [0.29, 0.717) is 0 Å². The van der Waals surface area contributed by atoms with Gasteiger partial charge >= 0.3 is 0 Å². The molecule has 0 atom stereocenters. The van der Waals surface area contributed by atoms with E-state index in [0.717, 1.165) is 0 Å². The van der Waals surface area contributed by atoms with Crippen molar-refractivity contribution in [1.29, 1.82) is 0 Å². The van der Waals surface area contributed by atoms with Crippen LogP contribution in [0.3, 0.4) is 0 Å². The molecule has 480 valence electrons. The quantitative estimate of drug-likeness (QED) is 0.0468. The van der Waals surface area contributed by atoms with Crippen molar-refractivity contribution in [3.8, 4) is 0 Å². The van der Waals surface area contributed by atoms with Crippen LogP contribution in [0.1, 0.15) is 22.3 Å². The van der Waals surface area contributed by atoms with Crippen molar-refractivity contribution in [2.24, 2.45) is 0 Å².